The maximum absolute atomic E-state index is 15.3. The molecular weight excluding hydrogens is 484 g/mol. The fourth-order valence-corrected chi connectivity index (χ4v) is 5.83. The number of hydrogen-bond donors (Lipinski definition) is 1. The lowest BCUT2D eigenvalue weighted by Crippen LogP contribution is -2.38. The Labute approximate surface area is 202 Å². The Morgan fingerprint density at radius 2 is 1.80 bits per heavy atom. The van der Waals surface area contributed by atoms with Crippen LogP contribution in [0.2, 0.25) is 0 Å². The highest BCUT2D eigenvalue weighted by Crippen LogP contribution is 2.39. The summed E-state index contributed by atoms with van der Waals surface area (Å²) in [5.74, 6) is -0.818. The van der Waals surface area contributed by atoms with Gasteiger partial charge in [-0.2, -0.15) is 13.2 Å². The number of fused-ring (bicyclic) bond motifs is 1. The third-order valence-electron chi connectivity index (χ3n) is 6.63. The number of nitrogens with zero attached hydrogens (tertiary/aromatic N) is 1. The first-order valence-electron chi connectivity index (χ1n) is 11.3. The van der Waals surface area contributed by atoms with Gasteiger partial charge >= 0.3 is 6.18 Å². The van der Waals surface area contributed by atoms with Crippen LogP contribution in [0.15, 0.2) is 42.6 Å². The minimum absolute atomic E-state index is 0.0479. The summed E-state index contributed by atoms with van der Waals surface area (Å²) in [5, 5.41) is 0.00411. The first kappa shape index (κ1) is 25.7. The second-order valence-corrected chi connectivity index (χ2v) is 11.6. The molecule has 1 N–H and O–H groups in total. The predicted octanol–water partition coefficient (Wildman–Crippen LogP) is 5.86. The molecule has 1 fully saturated rings. The number of sulfonamides is 1. The normalized spacial score (nSPS) is 15.5. The van der Waals surface area contributed by atoms with E-state index in [1.165, 1.54) is 30.3 Å². The molecule has 2 aromatic carbocycles. The van der Waals surface area contributed by atoms with Crippen LogP contribution in [-0.4, -0.2) is 30.9 Å². The van der Waals surface area contributed by atoms with Crippen molar-refractivity contribution in [1.82, 2.24) is 9.29 Å². The fourth-order valence-electron chi connectivity index (χ4n) is 4.28. The van der Waals surface area contributed by atoms with Gasteiger partial charge in [0.25, 0.3) is 0 Å². The molecule has 3 aromatic rings. The van der Waals surface area contributed by atoms with Crippen molar-refractivity contribution in [2.24, 2.45) is 0 Å². The molecule has 190 valence electrons. The summed E-state index contributed by atoms with van der Waals surface area (Å²) in [6.45, 7) is 3.97. The van der Waals surface area contributed by atoms with Crippen LogP contribution in [-0.2, 0) is 34.0 Å². The van der Waals surface area contributed by atoms with Crippen LogP contribution in [0.5, 0.6) is 0 Å². The van der Waals surface area contributed by atoms with Crippen LogP contribution in [0.25, 0.3) is 22.0 Å². The SMILES string of the molecule is COC(C)(C)Cn1cc(CNS(=O)(=O)C2CCC2)c2cc(F)c(-c3ccccc3C(F)(F)F)cc21. The first-order valence-corrected chi connectivity index (χ1v) is 12.9. The summed E-state index contributed by atoms with van der Waals surface area (Å²) < 4.78 is 91.1. The van der Waals surface area contributed by atoms with Gasteiger partial charge in [-0.1, -0.05) is 24.6 Å². The molecule has 1 heterocycles. The molecule has 10 heteroatoms. The summed E-state index contributed by atoms with van der Waals surface area (Å²) in [6.07, 6.45) is -0.869. The molecule has 0 bridgehead atoms. The zero-order chi connectivity index (χ0) is 25.6. The number of benzene rings is 2. The van der Waals surface area contributed by atoms with E-state index in [4.69, 9.17) is 4.74 Å². The third-order valence-corrected chi connectivity index (χ3v) is 8.53. The van der Waals surface area contributed by atoms with Gasteiger partial charge in [-0.15, -0.1) is 0 Å². The number of methoxy groups -OCH3 is 1. The van der Waals surface area contributed by atoms with Gasteiger partial charge < -0.3 is 9.30 Å². The zero-order valence-electron chi connectivity index (χ0n) is 19.7. The molecule has 0 saturated heterocycles. The molecule has 1 aromatic heterocycles. The number of ether oxygens (including phenoxy) is 1. The summed E-state index contributed by atoms with van der Waals surface area (Å²) in [6, 6.07) is 7.44. The summed E-state index contributed by atoms with van der Waals surface area (Å²) in [4.78, 5) is 0. The number of aromatic nitrogens is 1. The van der Waals surface area contributed by atoms with E-state index in [1.54, 1.807) is 17.9 Å². The molecule has 1 aliphatic carbocycles. The monoisotopic (exact) mass is 512 g/mol. The van der Waals surface area contributed by atoms with E-state index in [0.29, 0.717) is 35.9 Å². The van der Waals surface area contributed by atoms with E-state index in [0.717, 1.165) is 12.5 Å². The second-order valence-electron chi connectivity index (χ2n) is 9.56. The highest BCUT2D eigenvalue weighted by Gasteiger charge is 2.34. The van der Waals surface area contributed by atoms with Crippen molar-refractivity contribution in [3.05, 3.63) is 59.5 Å². The average Bonchev–Trinajstić information content (AvgIpc) is 3.05. The topological polar surface area (TPSA) is 60.3 Å². The summed E-state index contributed by atoms with van der Waals surface area (Å²) in [5.41, 5.74) is -0.979. The molecule has 0 unspecified atom stereocenters. The molecule has 35 heavy (non-hydrogen) atoms. The fraction of sp³-hybridized carbons (Fsp3) is 0.440. The molecule has 0 atom stereocenters. The Morgan fingerprint density at radius 1 is 1.11 bits per heavy atom. The molecule has 5 nitrogen and oxygen atoms in total. The lowest BCUT2D eigenvalue weighted by atomic mass is 9.97. The minimum atomic E-state index is -4.65. The van der Waals surface area contributed by atoms with Gasteiger partial charge in [0.15, 0.2) is 0 Å². The minimum Gasteiger partial charge on any atom is -0.377 e. The van der Waals surface area contributed by atoms with E-state index >= 15 is 4.39 Å². The van der Waals surface area contributed by atoms with Crippen LogP contribution in [0.4, 0.5) is 17.6 Å². The number of hydrogen-bond acceptors (Lipinski definition) is 3. The van der Waals surface area contributed by atoms with Crippen molar-refractivity contribution in [3.63, 3.8) is 0 Å². The van der Waals surface area contributed by atoms with Crippen molar-refractivity contribution < 1.29 is 30.7 Å². The molecule has 4 rings (SSSR count). The van der Waals surface area contributed by atoms with E-state index < -0.39 is 38.4 Å². The summed E-state index contributed by atoms with van der Waals surface area (Å²) >= 11 is 0. The lowest BCUT2D eigenvalue weighted by Gasteiger charge is -2.25. The molecule has 0 aliphatic heterocycles. The largest absolute Gasteiger partial charge is 0.417 e. The highest BCUT2D eigenvalue weighted by molar-refractivity contribution is 7.90. The van der Waals surface area contributed by atoms with Gasteiger partial charge in [-0.3, -0.25) is 0 Å². The Balaban J connectivity index is 1.83. The number of nitrogens with one attached hydrogen (secondary N) is 1. The highest BCUT2D eigenvalue weighted by atomic mass is 32.2. The molecule has 0 radical (unpaired) electrons. The van der Waals surface area contributed by atoms with Gasteiger partial charge in [-0.05, 0) is 56.0 Å². The molecule has 1 saturated carbocycles. The first-order chi connectivity index (χ1) is 16.3. The quantitative estimate of drug-likeness (QED) is 0.385. The average molecular weight is 513 g/mol. The van der Waals surface area contributed by atoms with Crippen molar-refractivity contribution in [2.75, 3.05) is 7.11 Å². The maximum atomic E-state index is 15.3. The zero-order valence-corrected chi connectivity index (χ0v) is 20.6. The third kappa shape index (κ3) is 5.24. The van der Waals surface area contributed by atoms with E-state index in [2.05, 4.69) is 4.72 Å². The Morgan fingerprint density at radius 3 is 2.40 bits per heavy atom. The number of halogens is 4. The van der Waals surface area contributed by atoms with Gasteiger partial charge in [-0.25, -0.2) is 17.5 Å². The smallest absolute Gasteiger partial charge is 0.377 e. The molecular formula is C25H28F4N2O3S. The number of alkyl halides is 3. The predicted molar refractivity (Wildman–Crippen MR) is 127 cm³/mol. The maximum Gasteiger partial charge on any atom is 0.417 e. The van der Waals surface area contributed by atoms with E-state index in [1.807, 2.05) is 13.8 Å². The van der Waals surface area contributed by atoms with Crippen molar-refractivity contribution in [1.29, 1.82) is 0 Å². The van der Waals surface area contributed by atoms with E-state index in [9.17, 15) is 21.6 Å². The standard InChI is InChI=1S/C25H28F4N2O3S/c1-24(2,34-3)15-31-14-16(13-30-35(32,33)17-7-6-8-17)19-11-22(26)20(12-23(19)31)18-9-4-5-10-21(18)25(27,28)29/h4-5,9-12,14,17,30H,6-8,13,15H2,1-3H3. The van der Waals surface area contributed by atoms with Crippen molar-refractivity contribution in [3.8, 4) is 11.1 Å². The van der Waals surface area contributed by atoms with Crippen LogP contribution in [0, 0.1) is 5.82 Å². The van der Waals surface area contributed by atoms with Crippen molar-refractivity contribution >= 4 is 20.9 Å². The molecule has 0 amide bonds. The van der Waals surface area contributed by atoms with Gasteiger partial charge in [0.2, 0.25) is 10.0 Å². The van der Waals surface area contributed by atoms with Gasteiger partial charge in [0.05, 0.1) is 23.0 Å². The molecule has 1 aliphatic rings. The van der Waals surface area contributed by atoms with Crippen LogP contribution in [0.1, 0.15) is 44.2 Å². The lowest BCUT2D eigenvalue weighted by molar-refractivity contribution is -0.137. The van der Waals surface area contributed by atoms with Gasteiger partial charge in [0.1, 0.15) is 5.82 Å². The van der Waals surface area contributed by atoms with Gasteiger partial charge in [0, 0.05) is 36.3 Å². The summed E-state index contributed by atoms with van der Waals surface area (Å²) in [7, 11) is -1.96. The van der Waals surface area contributed by atoms with Crippen LogP contribution < -0.4 is 4.72 Å². The van der Waals surface area contributed by atoms with Crippen LogP contribution in [0.3, 0.4) is 0 Å². The van der Waals surface area contributed by atoms with Crippen LogP contribution >= 0.6 is 0 Å². The Hall–Kier alpha value is -2.43. The van der Waals surface area contributed by atoms with Crippen molar-refractivity contribution in [2.45, 2.75) is 63.2 Å². The Kier molecular flexibility index (Phi) is 6.76. The second kappa shape index (κ2) is 9.22. The van der Waals surface area contributed by atoms with E-state index in [-0.39, 0.29) is 17.7 Å². The Bertz CT molecular complexity index is 1340. The molecule has 0 spiro atoms. The number of rotatable bonds is 8.